The number of amides is 1. The van der Waals surface area contributed by atoms with E-state index in [4.69, 9.17) is 4.74 Å². The molecule has 3 rings (SSSR count). The molecule has 1 amide bonds. The van der Waals surface area contributed by atoms with Crippen LogP contribution in [0.3, 0.4) is 0 Å². The fraction of sp³-hybridized carbons (Fsp3) is 0.105. The van der Waals surface area contributed by atoms with Crippen molar-refractivity contribution in [3.8, 4) is 11.4 Å². The Kier molecular flexibility index (Phi) is 4.98. The van der Waals surface area contributed by atoms with Gasteiger partial charge in [0.2, 0.25) is 0 Å². The lowest BCUT2D eigenvalue weighted by Crippen LogP contribution is -2.23. The molecule has 0 aliphatic rings. The minimum absolute atomic E-state index is 0.0582. The third kappa shape index (κ3) is 3.72. The number of aromatic carboxylic acids is 1. The number of hydrogen-bond donors (Lipinski definition) is 2. The van der Waals surface area contributed by atoms with Crippen LogP contribution < -0.4 is 10.1 Å². The molecule has 0 saturated carbocycles. The Morgan fingerprint density at radius 1 is 1.19 bits per heavy atom. The van der Waals surface area contributed by atoms with Crippen LogP contribution in [-0.2, 0) is 6.54 Å². The van der Waals surface area contributed by atoms with E-state index >= 15 is 0 Å². The van der Waals surface area contributed by atoms with E-state index in [0.29, 0.717) is 11.1 Å². The summed E-state index contributed by atoms with van der Waals surface area (Å²) in [5.74, 6) is -1.05. The van der Waals surface area contributed by atoms with E-state index < -0.39 is 5.97 Å². The molecule has 0 aliphatic heterocycles. The van der Waals surface area contributed by atoms with Crippen LogP contribution in [0, 0.1) is 0 Å². The molecule has 26 heavy (non-hydrogen) atoms. The van der Waals surface area contributed by atoms with Crippen LogP contribution in [0.5, 0.6) is 5.75 Å². The van der Waals surface area contributed by atoms with Crippen LogP contribution in [0.2, 0.25) is 0 Å². The van der Waals surface area contributed by atoms with E-state index in [1.54, 1.807) is 47.3 Å². The molecular formula is C19H17N3O4. The van der Waals surface area contributed by atoms with Crippen LogP contribution in [0.1, 0.15) is 26.3 Å². The highest BCUT2D eigenvalue weighted by atomic mass is 16.5. The number of carboxylic acid groups (broad SMARTS) is 1. The first-order valence-electron chi connectivity index (χ1n) is 7.87. The van der Waals surface area contributed by atoms with Crippen molar-refractivity contribution in [2.45, 2.75) is 6.54 Å². The first-order chi connectivity index (χ1) is 12.6. The summed E-state index contributed by atoms with van der Waals surface area (Å²) in [7, 11) is 1.41. The topological polar surface area (TPSA) is 93.5 Å². The monoisotopic (exact) mass is 351 g/mol. The van der Waals surface area contributed by atoms with Crippen molar-refractivity contribution in [2.24, 2.45) is 0 Å². The van der Waals surface area contributed by atoms with E-state index in [0.717, 1.165) is 5.69 Å². The number of nitrogens with one attached hydrogen (secondary N) is 1. The second-order valence-electron chi connectivity index (χ2n) is 5.52. The number of rotatable bonds is 6. The predicted octanol–water partition coefficient (Wildman–Crippen LogP) is 2.51. The van der Waals surface area contributed by atoms with Gasteiger partial charge in [-0.15, -0.1) is 0 Å². The number of carboxylic acids is 1. The van der Waals surface area contributed by atoms with Crippen molar-refractivity contribution in [1.82, 2.24) is 15.1 Å². The van der Waals surface area contributed by atoms with Crippen molar-refractivity contribution in [1.29, 1.82) is 0 Å². The summed E-state index contributed by atoms with van der Waals surface area (Å²) in [5, 5.41) is 16.1. The Morgan fingerprint density at radius 3 is 2.58 bits per heavy atom. The number of aromatic nitrogens is 2. The Labute approximate surface area is 149 Å². The van der Waals surface area contributed by atoms with E-state index in [1.807, 2.05) is 12.3 Å². The first kappa shape index (κ1) is 17.2. The van der Waals surface area contributed by atoms with Gasteiger partial charge in [0.1, 0.15) is 11.3 Å². The van der Waals surface area contributed by atoms with E-state index in [-0.39, 0.29) is 23.8 Å². The Balaban J connectivity index is 1.67. The highest BCUT2D eigenvalue weighted by Crippen LogP contribution is 2.20. The van der Waals surface area contributed by atoms with Gasteiger partial charge in [-0.25, -0.2) is 9.48 Å². The average Bonchev–Trinajstić information content (AvgIpc) is 3.20. The molecule has 2 N–H and O–H groups in total. The highest BCUT2D eigenvalue weighted by Gasteiger charge is 2.12. The van der Waals surface area contributed by atoms with Gasteiger partial charge in [0, 0.05) is 24.5 Å². The summed E-state index contributed by atoms with van der Waals surface area (Å²) < 4.78 is 6.72. The molecule has 0 atom stereocenters. The smallest absolute Gasteiger partial charge is 0.339 e. The van der Waals surface area contributed by atoms with E-state index in [1.165, 1.54) is 13.2 Å². The summed E-state index contributed by atoms with van der Waals surface area (Å²) in [5.41, 5.74) is 2.09. The van der Waals surface area contributed by atoms with Crippen LogP contribution in [0.4, 0.5) is 0 Å². The molecule has 0 aliphatic carbocycles. The maximum atomic E-state index is 12.3. The van der Waals surface area contributed by atoms with E-state index in [2.05, 4.69) is 10.4 Å². The number of benzene rings is 2. The maximum absolute atomic E-state index is 12.3. The number of carbonyl (C=O) groups is 2. The molecule has 7 heteroatoms. The molecule has 1 aromatic heterocycles. The normalized spacial score (nSPS) is 10.3. The van der Waals surface area contributed by atoms with Crippen molar-refractivity contribution < 1.29 is 19.4 Å². The van der Waals surface area contributed by atoms with Crippen molar-refractivity contribution in [2.75, 3.05) is 7.11 Å². The Bertz CT molecular complexity index is 918. The highest BCUT2D eigenvalue weighted by molar-refractivity contribution is 5.94. The second kappa shape index (κ2) is 7.52. The Morgan fingerprint density at radius 2 is 1.96 bits per heavy atom. The van der Waals surface area contributed by atoms with Crippen LogP contribution in [0.15, 0.2) is 60.9 Å². The number of carbonyl (C=O) groups excluding carboxylic acids is 1. The van der Waals surface area contributed by atoms with Gasteiger partial charge in [-0.1, -0.05) is 6.07 Å². The molecule has 3 aromatic rings. The fourth-order valence-corrected chi connectivity index (χ4v) is 2.50. The summed E-state index contributed by atoms with van der Waals surface area (Å²) >= 11 is 0. The average molecular weight is 351 g/mol. The minimum Gasteiger partial charge on any atom is -0.496 e. The van der Waals surface area contributed by atoms with Crippen molar-refractivity contribution >= 4 is 11.9 Å². The molecule has 0 unspecified atom stereocenters. The zero-order chi connectivity index (χ0) is 18.5. The number of hydrogen-bond acceptors (Lipinski definition) is 4. The largest absolute Gasteiger partial charge is 0.496 e. The molecular weight excluding hydrogens is 334 g/mol. The van der Waals surface area contributed by atoms with E-state index in [9.17, 15) is 14.7 Å². The third-order valence-electron chi connectivity index (χ3n) is 3.85. The second-order valence-corrected chi connectivity index (χ2v) is 5.52. The van der Waals surface area contributed by atoms with Crippen LogP contribution >= 0.6 is 0 Å². The van der Waals surface area contributed by atoms with Gasteiger partial charge in [0.25, 0.3) is 5.91 Å². The van der Waals surface area contributed by atoms with Gasteiger partial charge in [-0.3, -0.25) is 4.79 Å². The molecule has 0 spiro atoms. The summed E-state index contributed by atoms with van der Waals surface area (Å²) in [6.45, 7) is 0.212. The lowest BCUT2D eigenvalue weighted by Gasteiger charge is -2.09. The molecule has 132 valence electrons. The van der Waals surface area contributed by atoms with Crippen LogP contribution in [0.25, 0.3) is 5.69 Å². The minimum atomic E-state index is -1.08. The van der Waals surface area contributed by atoms with Crippen LogP contribution in [-0.4, -0.2) is 33.9 Å². The van der Waals surface area contributed by atoms with Gasteiger partial charge < -0.3 is 15.2 Å². The van der Waals surface area contributed by atoms with Gasteiger partial charge in [-0.2, -0.15) is 5.10 Å². The Hall–Kier alpha value is -3.61. The predicted molar refractivity (Wildman–Crippen MR) is 94.7 cm³/mol. The summed E-state index contributed by atoms with van der Waals surface area (Å²) in [4.78, 5) is 23.5. The maximum Gasteiger partial charge on any atom is 0.339 e. The fourth-order valence-electron chi connectivity index (χ4n) is 2.50. The molecule has 0 radical (unpaired) electrons. The van der Waals surface area contributed by atoms with Gasteiger partial charge in [0.15, 0.2) is 0 Å². The molecule has 1 heterocycles. The summed E-state index contributed by atoms with van der Waals surface area (Å²) in [6, 6.07) is 13.6. The quantitative estimate of drug-likeness (QED) is 0.712. The first-order valence-corrected chi connectivity index (χ1v) is 7.87. The van der Waals surface area contributed by atoms with Gasteiger partial charge in [0.05, 0.1) is 12.8 Å². The van der Waals surface area contributed by atoms with Gasteiger partial charge >= 0.3 is 5.97 Å². The molecule has 0 bridgehead atoms. The third-order valence-corrected chi connectivity index (χ3v) is 3.85. The standard InChI is InChI=1S/C19H17N3O4/c1-26-17-8-3-13(11-16(17)19(24)25)12-20-18(23)14-4-6-15(7-5-14)22-10-2-9-21-22/h2-11H,12H2,1H3,(H,20,23)(H,24,25). The van der Waals surface area contributed by atoms with Crippen molar-refractivity contribution in [3.05, 3.63) is 77.6 Å². The number of ether oxygens (including phenoxy) is 1. The van der Waals surface area contributed by atoms with Gasteiger partial charge in [-0.05, 0) is 48.0 Å². The zero-order valence-electron chi connectivity index (χ0n) is 14.0. The number of nitrogens with zero attached hydrogens (tertiary/aromatic N) is 2. The van der Waals surface area contributed by atoms with Crippen molar-refractivity contribution in [3.63, 3.8) is 0 Å². The molecule has 0 fully saturated rings. The number of methoxy groups -OCH3 is 1. The SMILES string of the molecule is COc1ccc(CNC(=O)c2ccc(-n3cccn3)cc2)cc1C(=O)O. The molecule has 7 nitrogen and oxygen atoms in total. The summed E-state index contributed by atoms with van der Waals surface area (Å²) in [6.07, 6.45) is 3.50. The molecule has 2 aromatic carbocycles. The lowest BCUT2D eigenvalue weighted by atomic mass is 10.1. The zero-order valence-corrected chi connectivity index (χ0v) is 14.0. The molecule has 0 saturated heterocycles. The lowest BCUT2D eigenvalue weighted by molar-refractivity contribution is 0.0693.